The Kier molecular flexibility index (Phi) is 3.94. The molecule has 1 fully saturated rings. The highest BCUT2D eigenvalue weighted by Crippen LogP contribution is 2.15. The number of nitrogens with zero attached hydrogens (tertiary/aromatic N) is 2. The number of hydrogen-bond acceptors (Lipinski definition) is 6. The summed E-state index contributed by atoms with van der Waals surface area (Å²) in [5, 5.41) is 8.81. The zero-order valence-electron chi connectivity index (χ0n) is 9.76. The standard InChI is InChI=1S/C11H14N4O3/c12-5-9-7-15(2-4-17-9)6-8-1-3-18-10(8)11(16)14-13/h1,3,9H,2,4,6-7,13H2,(H,14,16). The Labute approximate surface area is 104 Å². The lowest BCUT2D eigenvalue weighted by atomic mass is 10.2. The van der Waals surface area contributed by atoms with Crippen LogP contribution in [0.5, 0.6) is 0 Å². The highest BCUT2D eigenvalue weighted by atomic mass is 16.5. The van der Waals surface area contributed by atoms with E-state index in [9.17, 15) is 4.79 Å². The van der Waals surface area contributed by atoms with Crippen LogP contribution in [0.15, 0.2) is 16.7 Å². The first kappa shape index (κ1) is 12.6. The molecule has 18 heavy (non-hydrogen) atoms. The number of hydrazine groups is 1. The number of amides is 1. The van der Waals surface area contributed by atoms with Gasteiger partial charge in [0.2, 0.25) is 0 Å². The second-order valence-electron chi connectivity index (χ2n) is 3.97. The summed E-state index contributed by atoms with van der Waals surface area (Å²) < 4.78 is 10.3. The number of ether oxygens (including phenoxy) is 1. The molecule has 0 aliphatic carbocycles. The lowest BCUT2D eigenvalue weighted by Crippen LogP contribution is -2.41. The van der Waals surface area contributed by atoms with E-state index in [1.54, 1.807) is 6.07 Å². The summed E-state index contributed by atoms with van der Waals surface area (Å²) in [4.78, 5) is 13.5. The Hall–Kier alpha value is -1.88. The third-order valence-corrected chi connectivity index (χ3v) is 2.77. The number of furan rings is 1. The van der Waals surface area contributed by atoms with E-state index in [2.05, 4.69) is 6.07 Å². The Bertz CT molecular complexity index is 465. The Morgan fingerprint density at radius 3 is 3.28 bits per heavy atom. The maximum atomic E-state index is 11.4. The first-order chi connectivity index (χ1) is 8.74. The molecule has 1 amide bonds. The van der Waals surface area contributed by atoms with Crippen LogP contribution in [0.4, 0.5) is 0 Å². The maximum Gasteiger partial charge on any atom is 0.301 e. The van der Waals surface area contributed by atoms with Gasteiger partial charge in [-0.3, -0.25) is 15.1 Å². The van der Waals surface area contributed by atoms with E-state index in [0.29, 0.717) is 26.2 Å². The van der Waals surface area contributed by atoms with Gasteiger partial charge in [-0.2, -0.15) is 5.26 Å². The number of carbonyl (C=O) groups excluding carboxylic acids is 1. The van der Waals surface area contributed by atoms with Crippen molar-refractivity contribution in [1.29, 1.82) is 5.26 Å². The van der Waals surface area contributed by atoms with Gasteiger partial charge in [0.25, 0.3) is 0 Å². The molecule has 1 saturated heterocycles. The van der Waals surface area contributed by atoms with E-state index in [4.69, 9.17) is 20.3 Å². The monoisotopic (exact) mass is 250 g/mol. The number of nitrogen functional groups attached to an aromatic ring is 1. The fourth-order valence-corrected chi connectivity index (χ4v) is 1.89. The Balaban J connectivity index is 2.03. The fraction of sp³-hybridized carbons (Fsp3) is 0.455. The van der Waals surface area contributed by atoms with Crippen molar-refractivity contribution in [1.82, 2.24) is 10.3 Å². The van der Waals surface area contributed by atoms with Gasteiger partial charge in [-0.1, -0.05) is 0 Å². The summed E-state index contributed by atoms with van der Waals surface area (Å²) in [6.45, 7) is 2.27. The van der Waals surface area contributed by atoms with E-state index in [1.165, 1.54) is 6.26 Å². The molecule has 0 aromatic carbocycles. The molecule has 1 aliphatic heterocycles. The summed E-state index contributed by atoms with van der Waals surface area (Å²) in [5.74, 6) is 4.82. The topological polar surface area (TPSA) is 105 Å². The molecular formula is C11H14N4O3. The van der Waals surface area contributed by atoms with Gasteiger partial charge in [0.15, 0.2) is 11.9 Å². The van der Waals surface area contributed by atoms with Crippen molar-refractivity contribution in [3.8, 4) is 6.07 Å². The highest BCUT2D eigenvalue weighted by molar-refractivity contribution is 5.92. The molecule has 96 valence electrons. The third-order valence-electron chi connectivity index (χ3n) is 2.77. The summed E-state index contributed by atoms with van der Waals surface area (Å²) in [5.41, 5.74) is 2.78. The van der Waals surface area contributed by atoms with Gasteiger partial charge in [-0.05, 0) is 6.07 Å². The molecular weight excluding hydrogens is 236 g/mol. The summed E-state index contributed by atoms with van der Waals surface area (Å²) in [7, 11) is 0. The number of nitriles is 1. The molecule has 0 bridgehead atoms. The largest absolute Gasteiger partial charge is 0.459 e. The van der Waals surface area contributed by atoms with E-state index in [0.717, 1.165) is 5.56 Å². The summed E-state index contributed by atoms with van der Waals surface area (Å²) >= 11 is 0. The lowest BCUT2D eigenvalue weighted by Gasteiger charge is -2.29. The summed E-state index contributed by atoms with van der Waals surface area (Å²) in [6.07, 6.45) is 1.03. The van der Waals surface area contributed by atoms with Crippen molar-refractivity contribution in [3.63, 3.8) is 0 Å². The van der Waals surface area contributed by atoms with E-state index in [1.807, 2.05) is 10.3 Å². The average Bonchev–Trinajstić information content (AvgIpc) is 2.86. The van der Waals surface area contributed by atoms with E-state index >= 15 is 0 Å². The van der Waals surface area contributed by atoms with Gasteiger partial charge in [-0.25, -0.2) is 5.84 Å². The lowest BCUT2D eigenvalue weighted by molar-refractivity contribution is -0.00283. The molecule has 3 N–H and O–H groups in total. The van der Waals surface area contributed by atoms with Crippen LogP contribution in [0.3, 0.4) is 0 Å². The van der Waals surface area contributed by atoms with Gasteiger partial charge < -0.3 is 9.15 Å². The minimum absolute atomic E-state index is 0.206. The van der Waals surface area contributed by atoms with Crippen LogP contribution in [0.25, 0.3) is 0 Å². The molecule has 1 aromatic rings. The molecule has 0 saturated carbocycles. The quantitative estimate of drug-likeness (QED) is 0.430. The molecule has 0 spiro atoms. The van der Waals surface area contributed by atoms with Crippen LogP contribution in [0, 0.1) is 11.3 Å². The van der Waals surface area contributed by atoms with E-state index < -0.39 is 12.0 Å². The zero-order valence-corrected chi connectivity index (χ0v) is 9.76. The predicted octanol–water partition coefficient (Wildman–Crippen LogP) is -0.393. The SMILES string of the molecule is N#CC1CN(Cc2ccoc2C(=O)NN)CCO1. The van der Waals surface area contributed by atoms with Crippen LogP contribution >= 0.6 is 0 Å². The molecule has 1 aromatic heterocycles. The van der Waals surface area contributed by atoms with Crippen molar-refractivity contribution < 1.29 is 13.9 Å². The average molecular weight is 250 g/mol. The van der Waals surface area contributed by atoms with Crippen molar-refractivity contribution in [2.75, 3.05) is 19.7 Å². The van der Waals surface area contributed by atoms with Crippen molar-refractivity contribution in [2.24, 2.45) is 5.84 Å². The van der Waals surface area contributed by atoms with Crippen molar-refractivity contribution >= 4 is 5.91 Å². The number of nitrogens with one attached hydrogen (secondary N) is 1. The van der Waals surface area contributed by atoms with Crippen LogP contribution in [-0.2, 0) is 11.3 Å². The first-order valence-corrected chi connectivity index (χ1v) is 5.55. The normalized spacial score (nSPS) is 20.3. The second kappa shape index (κ2) is 5.64. The summed E-state index contributed by atoms with van der Waals surface area (Å²) in [6, 6.07) is 3.80. The number of rotatable bonds is 3. The van der Waals surface area contributed by atoms with Gasteiger partial charge in [0.1, 0.15) is 0 Å². The zero-order chi connectivity index (χ0) is 13.0. The molecule has 2 rings (SSSR count). The smallest absolute Gasteiger partial charge is 0.301 e. The maximum absolute atomic E-state index is 11.4. The van der Waals surface area contributed by atoms with Crippen LogP contribution in [-0.4, -0.2) is 36.6 Å². The second-order valence-corrected chi connectivity index (χ2v) is 3.97. The Morgan fingerprint density at radius 1 is 1.72 bits per heavy atom. The molecule has 7 heteroatoms. The van der Waals surface area contributed by atoms with Gasteiger partial charge in [-0.15, -0.1) is 0 Å². The van der Waals surface area contributed by atoms with Crippen LogP contribution in [0.2, 0.25) is 0 Å². The highest BCUT2D eigenvalue weighted by Gasteiger charge is 2.22. The van der Waals surface area contributed by atoms with Crippen molar-refractivity contribution in [3.05, 3.63) is 23.7 Å². The first-order valence-electron chi connectivity index (χ1n) is 5.55. The van der Waals surface area contributed by atoms with Crippen LogP contribution < -0.4 is 11.3 Å². The molecule has 1 aliphatic rings. The minimum atomic E-state index is -0.458. The van der Waals surface area contributed by atoms with Crippen LogP contribution in [0.1, 0.15) is 16.1 Å². The number of hydrogen-bond donors (Lipinski definition) is 2. The fourth-order valence-electron chi connectivity index (χ4n) is 1.89. The number of carbonyl (C=O) groups is 1. The molecule has 1 atom stereocenters. The molecule has 2 heterocycles. The Morgan fingerprint density at radius 2 is 2.56 bits per heavy atom. The predicted molar refractivity (Wildman–Crippen MR) is 61.0 cm³/mol. The van der Waals surface area contributed by atoms with E-state index in [-0.39, 0.29) is 5.76 Å². The molecule has 1 unspecified atom stereocenters. The minimum Gasteiger partial charge on any atom is -0.459 e. The van der Waals surface area contributed by atoms with Crippen molar-refractivity contribution in [2.45, 2.75) is 12.6 Å². The van der Waals surface area contributed by atoms with Gasteiger partial charge in [0, 0.05) is 25.2 Å². The number of nitrogens with two attached hydrogens (primary N) is 1. The molecule has 7 nitrogen and oxygen atoms in total. The number of morpholine rings is 1. The molecule has 0 radical (unpaired) electrons. The third kappa shape index (κ3) is 2.68. The van der Waals surface area contributed by atoms with Gasteiger partial charge in [0.05, 0.1) is 18.9 Å². The van der Waals surface area contributed by atoms with Gasteiger partial charge >= 0.3 is 5.91 Å².